The number of carbonyl (C=O) groups excluding carboxylic acids is 1. The standard InChI is InChI=1S/C28H35N3O7S/c1-5-17-6-8-19(9-7-17)24-23(25(32)29-4)21-14-20(18-10-11-18)22(30-26(21)38-24)15-31(39(35)36)12-13-37-16-28(2,3)27(33)34/h6-9,14,18H,5,10-13,15-16H2,1-4H3,(H,29,32)(H,33,34)(H,35,36). The van der Waals surface area contributed by atoms with Gasteiger partial charge in [0.2, 0.25) is 17.0 Å². The van der Waals surface area contributed by atoms with E-state index >= 15 is 0 Å². The fourth-order valence-corrected chi connectivity index (χ4v) is 4.79. The minimum Gasteiger partial charge on any atom is -0.481 e. The Morgan fingerprint density at radius 2 is 1.95 bits per heavy atom. The highest BCUT2D eigenvalue weighted by atomic mass is 32.2. The maximum Gasteiger partial charge on any atom is 0.311 e. The molecule has 1 aliphatic carbocycles. The first-order chi connectivity index (χ1) is 18.6. The zero-order chi connectivity index (χ0) is 28.3. The predicted octanol–water partition coefficient (Wildman–Crippen LogP) is 4.36. The maximum absolute atomic E-state index is 13.0. The minimum atomic E-state index is -2.31. The lowest BCUT2D eigenvalue weighted by molar-refractivity contribution is -0.150. The highest BCUT2D eigenvalue weighted by Crippen LogP contribution is 2.44. The molecule has 0 bridgehead atoms. The molecule has 1 unspecified atom stereocenters. The molecule has 0 saturated heterocycles. The molecular formula is C28H35N3O7S. The van der Waals surface area contributed by atoms with Gasteiger partial charge >= 0.3 is 5.97 Å². The summed E-state index contributed by atoms with van der Waals surface area (Å²) in [7, 11) is 1.57. The predicted molar refractivity (Wildman–Crippen MR) is 148 cm³/mol. The summed E-state index contributed by atoms with van der Waals surface area (Å²) >= 11 is -2.31. The number of hydrogen-bond donors (Lipinski definition) is 3. The van der Waals surface area contributed by atoms with E-state index in [2.05, 4.69) is 12.2 Å². The molecule has 1 atom stereocenters. The lowest BCUT2D eigenvalue weighted by Crippen LogP contribution is -2.33. The smallest absolute Gasteiger partial charge is 0.311 e. The summed E-state index contributed by atoms with van der Waals surface area (Å²) in [5.41, 5.74) is 3.08. The van der Waals surface area contributed by atoms with Gasteiger partial charge in [-0.1, -0.05) is 31.2 Å². The van der Waals surface area contributed by atoms with Gasteiger partial charge in [-0.2, -0.15) is 4.31 Å². The summed E-state index contributed by atoms with van der Waals surface area (Å²) < 4.78 is 35.1. The number of ether oxygens (including phenoxy) is 1. The molecule has 2 aromatic heterocycles. The Balaban J connectivity index is 1.66. The van der Waals surface area contributed by atoms with Gasteiger partial charge in [0.05, 0.1) is 41.8 Å². The molecule has 3 aromatic rings. The van der Waals surface area contributed by atoms with Gasteiger partial charge in [-0.15, -0.1) is 0 Å². The first-order valence-electron chi connectivity index (χ1n) is 13.0. The van der Waals surface area contributed by atoms with Crippen molar-refractivity contribution < 1.29 is 32.6 Å². The lowest BCUT2D eigenvalue weighted by atomic mass is 9.95. The van der Waals surface area contributed by atoms with E-state index in [1.54, 1.807) is 20.9 Å². The Labute approximate surface area is 230 Å². The number of nitrogens with one attached hydrogen (secondary N) is 1. The second-order valence-electron chi connectivity index (χ2n) is 10.4. The quantitative estimate of drug-likeness (QED) is 0.208. The van der Waals surface area contributed by atoms with Crippen molar-refractivity contribution in [3.63, 3.8) is 0 Å². The molecule has 1 amide bonds. The van der Waals surface area contributed by atoms with Gasteiger partial charge in [0.25, 0.3) is 5.91 Å². The Morgan fingerprint density at radius 3 is 2.51 bits per heavy atom. The Morgan fingerprint density at radius 1 is 1.26 bits per heavy atom. The van der Waals surface area contributed by atoms with Crippen LogP contribution in [0.25, 0.3) is 22.4 Å². The zero-order valence-corrected chi connectivity index (χ0v) is 23.5. The van der Waals surface area contributed by atoms with Gasteiger partial charge in [-0.3, -0.25) is 14.1 Å². The number of nitrogens with zero attached hydrogens (tertiary/aromatic N) is 2. The summed E-state index contributed by atoms with van der Waals surface area (Å²) in [5.74, 6) is -0.584. The number of furan rings is 1. The molecule has 3 N–H and O–H groups in total. The number of pyridine rings is 1. The van der Waals surface area contributed by atoms with Crippen LogP contribution in [-0.4, -0.2) is 61.8 Å². The molecule has 4 rings (SSSR count). The van der Waals surface area contributed by atoms with Crippen LogP contribution in [0.2, 0.25) is 0 Å². The van der Waals surface area contributed by atoms with Crippen molar-refractivity contribution in [3.05, 3.63) is 52.7 Å². The van der Waals surface area contributed by atoms with Crippen LogP contribution in [0, 0.1) is 5.41 Å². The van der Waals surface area contributed by atoms with E-state index in [9.17, 15) is 23.5 Å². The molecule has 1 aromatic carbocycles. The fourth-order valence-electron chi connectivity index (χ4n) is 4.33. The zero-order valence-electron chi connectivity index (χ0n) is 22.7. The van der Waals surface area contributed by atoms with Gasteiger partial charge in [-0.25, -0.2) is 9.19 Å². The molecule has 0 spiro atoms. The highest BCUT2D eigenvalue weighted by Gasteiger charge is 2.32. The summed E-state index contributed by atoms with van der Waals surface area (Å²) in [5, 5.41) is 12.6. The second-order valence-corrected chi connectivity index (χ2v) is 11.4. The van der Waals surface area contributed by atoms with Crippen LogP contribution in [0.15, 0.2) is 34.7 Å². The normalized spacial score (nSPS) is 14.6. The first-order valence-corrected chi connectivity index (χ1v) is 14.1. The van der Waals surface area contributed by atoms with Gasteiger partial charge in [0, 0.05) is 19.2 Å². The number of benzene rings is 1. The van der Waals surface area contributed by atoms with Crippen LogP contribution in [0.4, 0.5) is 0 Å². The van der Waals surface area contributed by atoms with Gasteiger partial charge in [0.15, 0.2) is 0 Å². The molecular weight excluding hydrogens is 522 g/mol. The van der Waals surface area contributed by atoms with Crippen LogP contribution in [-0.2, 0) is 33.8 Å². The van der Waals surface area contributed by atoms with Crippen molar-refractivity contribution in [2.45, 2.75) is 52.5 Å². The van der Waals surface area contributed by atoms with E-state index in [1.807, 2.05) is 30.3 Å². The lowest BCUT2D eigenvalue weighted by Gasteiger charge is -2.21. The maximum atomic E-state index is 13.0. The van der Waals surface area contributed by atoms with Crippen LogP contribution < -0.4 is 5.32 Å². The number of carboxylic acid groups (broad SMARTS) is 1. The van der Waals surface area contributed by atoms with Gasteiger partial charge in [0.1, 0.15) is 5.76 Å². The number of aliphatic carboxylic acids is 1. The number of fused-ring (bicyclic) bond motifs is 1. The third kappa shape index (κ3) is 6.55. The number of rotatable bonds is 13. The van der Waals surface area contributed by atoms with Crippen molar-refractivity contribution in [1.29, 1.82) is 0 Å². The largest absolute Gasteiger partial charge is 0.481 e. The average molecular weight is 558 g/mol. The van der Waals surface area contributed by atoms with E-state index in [1.165, 1.54) is 9.87 Å². The fraction of sp³-hybridized carbons (Fsp3) is 0.464. The molecule has 2 heterocycles. The summed E-state index contributed by atoms with van der Waals surface area (Å²) in [6.45, 7) is 5.39. The summed E-state index contributed by atoms with van der Waals surface area (Å²) in [6, 6.07) is 9.77. The molecule has 39 heavy (non-hydrogen) atoms. The van der Waals surface area contributed by atoms with Crippen LogP contribution in [0.1, 0.15) is 66.7 Å². The van der Waals surface area contributed by atoms with Crippen LogP contribution >= 0.6 is 0 Å². The Bertz CT molecular complexity index is 1380. The van der Waals surface area contributed by atoms with Crippen LogP contribution in [0.5, 0.6) is 0 Å². The van der Waals surface area contributed by atoms with Crippen molar-refractivity contribution in [2.24, 2.45) is 5.41 Å². The number of hydrogen-bond acceptors (Lipinski definition) is 6. The van der Waals surface area contributed by atoms with Gasteiger partial charge < -0.3 is 19.6 Å². The number of carboxylic acids is 1. The van der Waals surface area contributed by atoms with E-state index in [-0.39, 0.29) is 43.8 Å². The first kappa shape index (κ1) is 28.9. The average Bonchev–Trinajstić information content (AvgIpc) is 3.69. The Kier molecular flexibility index (Phi) is 8.85. The van der Waals surface area contributed by atoms with Crippen molar-refractivity contribution in [2.75, 3.05) is 26.8 Å². The molecule has 0 aliphatic heterocycles. The Hall–Kier alpha value is -3.12. The molecule has 1 fully saturated rings. The van der Waals surface area contributed by atoms with E-state index in [4.69, 9.17) is 14.1 Å². The molecule has 210 valence electrons. The number of carbonyl (C=O) groups is 2. The SMILES string of the molecule is CCc1ccc(-c2oc3nc(CN(CCOCC(C)(C)C(=O)O)S(=O)O)c(C4CC4)cc3c2C(=O)NC)cc1. The molecule has 10 nitrogen and oxygen atoms in total. The second kappa shape index (κ2) is 12.0. The molecule has 1 saturated carbocycles. The molecule has 1 aliphatic rings. The molecule has 11 heteroatoms. The topological polar surface area (TPSA) is 142 Å². The van der Waals surface area contributed by atoms with E-state index in [0.717, 1.165) is 30.4 Å². The van der Waals surface area contributed by atoms with Crippen LogP contribution in [0.3, 0.4) is 0 Å². The summed E-state index contributed by atoms with van der Waals surface area (Å²) in [4.78, 5) is 29.0. The van der Waals surface area contributed by atoms with Crippen molar-refractivity contribution >= 4 is 34.2 Å². The minimum absolute atomic E-state index is 0.0253. The van der Waals surface area contributed by atoms with Crippen molar-refractivity contribution in [3.8, 4) is 11.3 Å². The van der Waals surface area contributed by atoms with Crippen molar-refractivity contribution in [1.82, 2.24) is 14.6 Å². The van der Waals surface area contributed by atoms with Gasteiger partial charge in [-0.05, 0) is 56.2 Å². The number of aromatic nitrogens is 1. The molecule has 0 radical (unpaired) electrons. The highest BCUT2D eigenvalue weighted by molar-refractivity contribution is 7.76. The third-order valence-corrected chi connectivity index (χ3v) is 7.72. The van der Waals surface area contributed by atoms with E-state index < -0.39 is 22.7 Å². The number of amides is 1. The third-order valence-electron chi connectivity index (χ3n) is 6.96. The monoisotopic (exact) mass is 557 g/mol. The number of aryl methyl sites for hydroxylation is 1. The summed E-state index contributed by atoms with van der Waals surface area (Å²) in [6.07, 6.45) is 2.83. The van der Waals surface area contributed by atoms with E-state index in [0.29, 0.717) is 22.4 Å².